The Balaban J connectivity index is 4.24. The fourth-order valence-corrected chi connectivity index (χ4v) is 0.919. The maximum absolute atomic E-state index is 11.5. The molecule has 0 radical (unpaired) electrons. The van der Waals surface area contributed by atoms with Crippen molar-refractivity contribution >= 4 is 11.8 Å². The lowest BCUT2D eigenvalue weighted by atomic mass is 9.96. The number of carbonyl (C=O) groups excluding carboxylic acids is 2. The molecule has 6 heteroatoms. The van der Waals surface area contributed by atoms with Crippen molar-refractivity contribution in [3.63, 3.8) is 0 Å². The van der Waals surface area contributed by atoms with E-state index in [9.17, 15) is 14.7 Å². The zero-order chi connectivity index (χ0) is 13.8. The molecule has 0 saturated heterocycles. The quantitative estimate of drug-likeness (QED) is 0.504. The Kier molecular flexibility index (Phi) is 5.57. The molecule has 0 fully saturated rings. The monoisotopic (exact) mass is 245 g/mol. The van der Waals surface area contributed by atoms with Crippen molar-refractivity contribution in [3.8, 4) is 0 Å². The van der Waals surface area contributed by atoms with E-state index >= 15 is 0 Å². The van der Waals surface area contributed by atoms with Gasteiger partial charge in [-0.1, -0.05) is 34.6 Å². The van der Waals surface area contributed by atoms with Gasteiger partial charge in [-0.05, 0) is 5.92 Å². The van der Waals surface area contributed by atoms with Gasteiger partial charge < -0.3 is 10.8 Å². The Morgan fingerprint density at radius 2 is 1.65 bits per heavy atom. The highest BCUT2D eigenvalue weighted by molar-refractivity contribution is 5.86. The first-order valence-electron chi connectivity index (χ1n) is 5.61. The van der Waals surface area contributed by atoms with Crippen molar-refractivity contribution in [2.75, 3.05) is 0 Å². The molecule has 0 rings (SSSR count). The van der Waals surface area contributed by atoms with Crippen LogP contribution in [0.25, 0.3) is 0 Å². The van der Waals surface area contributed by atoms with Gasteiger partial charge in [0.2, 0.25) is 5.91 Å². The van der Waals surface area contributed by atoms with Crippen molar-refractivity contribution in [2.24, 2.45) is 17.1 Å². The number of nitrogens with one attached hydrogen (secondary N) is 2. The van der Waals surface area contributed by atoms with Crippen molar-refractivity contribution in [1.29, 1.82) is 0 Å². The van der Waals surface area contributed by atoms with Crippen LogP contribution in [0.2, 0.25) is 0 Å². The summed E-state index contributed by atoms with van der Waals surface area (Å²) in [6.45, 7) is 8.74. The zero-order valence-electron chi connectivity index (χ0n) is 11.1. The predicted octanol–water partition coefficient (Wildman–Crippen LogP) is -0.476. The van der Waals surface area contributed by atoms with Gasteiger partial charge in [-0.15, -0.1) is 0 Å². The first kappa shape index (κ1) is 15.9. The summed E-state index contributed by atoms with van der Waals surface area (Å²) in [6, 6.07) is -0.665. The maximum atomic E-state index is 11.5. The van der Waals surface area contributed by atoms with Gasteiger partial charge in [0.05, 0.1) is 0 Å². The van der Waals surface area contributed by atoms with E-state index in [2.05, 4.69) is 10.9 Å². The lowest BCUT2D eigenvalue weighted by Crippen LogP contribution is -2.55. The third-order valence-electron chi connectivity index (χ3n) is 2.38. The number of carbonyl (C=O) groups is 2. The topological polar surface area (TPSA) is 104 Å². The molecule has 0 saturated carbocycles. The minimum atomic E-state index is -1.34. The first-order chi connectivity index (χ1) is 7.57. The molecular formula is C11H23N3O3. The molecule has 6 nitrogen and oxygen atoms in total. The lowest BCUT2D eigenvalue weighted by Gasteiger charge is -2.23. The summed E-state index contributed by atoms with van der Waals surface area (Å²) < 4.78 is 0. The second-order valence-electron chi connectivity index (χ2n) is 5.46. The van der Waals surface area contributed by atoms with E-state index in [0.29, 0.717) is 0 Å². The van der Waals surface area contributed by atoms with Gasteiger partial charge >= 0.3 is 0 Å². The van der Waals surface area contributed by atoms with Crippen LogP contribution < -0.4 is 16.6 Å². The highest BCUT2D eigenvalue weighted by Crippen LogP contribution is 2.11. The molecule has 0 aromatic carbocycles. The third-order valence-corrected chi connectivity index (χ3v) is 2.38. The summed E-state index contributed by atoms with van der Waals surface area (Å²) >= 11 is 0. The Bertz CT molecular complexity index is 284. The molecule has 100 valence electrons. The zero-order valence-corrected chi connectivity index (χ0v) is 11.1. The third kappa shape index (κ3) is 5.14. The molecule has 2 unspecified atom stereocenters. The van der Waals surface area contributed by atoms with Crippen LogP contribution in [0.5, 0.6) is 0 Å². The van der Waals surface area contributed by atoms with Crippen LogP contribution in [-0.4, -0.2) is 29.1 Å². The number of aliphatic hydroxyl groups is 1. The maximum Gasteiger partial charge on any atom is 0.268 e. The van der Waals surface area contributed by atoms with E-state index in [1.54, 1.807) is 34.6 Å². The van der Waals surface area contributed by atoms with Crippen LogP contribution >= 0.6 is 0 Å². The Morgan fingerprint density at radius 3 is 2.00 bits per heavy atom. The summed E-state index contributed by atoms with van der Waals surface area (Å²) in [6.07, 6.45) is -1.34. The van der Waals surface area contributed by atoms with Gasteiger partial charge in [-0.3, -0.25) is 20.4 Å². The summed E-state index contributed by atoms with van der Waals surface area (Å²) in [5.74, 6) is -1.07. The van der Waals surface area contributed by atoms with E-state index in [4.69, 9.17) is 5.73 Å². The van der Waals surface area contributed by atoms with E-state index in [1.165, 1.54) is 0 Å². The van der Waals surface area contributed by atoms with E-state index in [-0.39, 0.29) is 11.8 Å². The standard InChI is InChI=1S/C11H23N3O3/c1-6(2)7(12)8(15)9(16)13-14-10(17)11(3,4)5/h6-8,15H,12H2,1-5H3,(H,13,16)(H,14,17). The number of amides is 2. The van der Waals surface area contributed by atoms with Crippen LogP contribution in [0, 0.1) is 11.3 Å². The highest BCUT2D eigenvalue weighted by atomic mass is 16.3. The van der Waals surface area contributed by atoms with E-state index in [1.807, 2.05) is 0 Å². The van der Waals surface area contributed by atoms with Crippen molar-refractivity contribution in [2.45, 2.75) is 46.8 Å². The summed E-state index contributed by atoms with van der Waals surface area (Å²) in [5.41, 5.74) is 9.42. The van der Waals surface area contributed by atoms with Crippen molar-refractivity contribution < 1.29 is 14.7 Å². The molecule has 0 spiro atoms. The van der Waals surface area contributed by atoms with Crippen molar-refractivity contribution in [3.05, 3.63) is 0 Å². The number of hydrogen-bond acceptors (Lipinski definition) is 4. The Morgan fingerprint density at radius 1 is 1.18 bits per heavy atom. The fourth-order valence-electron chi connectivity index (χ4n) is 0.919. The van der Waals surface area contributed by atoms with E-state index < -0.39 is 23.5 Å². The Hall–Kier alpha value is -1.14. The van der Waals surface area contributed by atoms with Gasteiger partial charge in [0, 0.05) is 11.5 Å². The first-order valence-corrected chi connectivity index (χ1v) is 5.61. The molecule has 2 atom stereocenters. The minimum absolute atomic E-state index is 0.0333. The molecule has 0 aromatic heterocycles. The SMILES string of the molecule is CC(C)C(N)C(O)C(=O)NNC(=O)C(C)(C)C. The fraction of sp³-hybridized carbons (Fsp3) is 0.818. The van der Waals surface area contributed by atoms with Crippen LogP contribution in [0.3, 0.4) is 0 Å². The second kappa shape index (κ2) is 5.97. The highest BCUT2D eigenvalue weighted by Gasteiger charge is 2.27. The molecule has 0 heterocycles. The molecule has 0 aliphatic carbocycles. The van der Waals surface area contributed by atoms with Gasteiger partial charge in [0.15, 0.2) is 0 Å². The molecule has 0 aliphatic heterocycles. The average Bonchev–Trinajstić information content (AvgIpc) is 2.21. The molecule has 17 heavy (non-hydrogen) atoms. The van der Waals surface area contributed by atoms with E-state index in [0.717, 1.165) is 0 Å². The largest absolute Gasteiger partial charge is 0.382 e. The molecule has 5 N–H and O–H groups in total. The smallest absolute Gasteiger partial charge is 0.268 e. The average molecular weight is 245 g/mol. The lowest BCUT2D eigenvalue weighted by molar-refractivity contribution is -0.138. The summed E-state index contributed by atoms with van der Waals surface area (Å²) in [7, 11) is 0. The summed E-state index contributed by atoms with van der Waals surface area (Å²) in [4.78, 5) is 22.9. The Labute approximate surface area is 102 Å². The van der Waals surface area contributed by atoms with Gasteiger partial charge in [0.25, 0.3) is 5.91 Å². The van der Waals surface area contributed by atoms with Crippen LogP contribution in [0.4, 0.5) is 0 Å². The van der Waals surface area contributed by atoms with Crippen LogP contribution in [-0.2, 0) is 9.59 Å². The van der Waals surface area contributed by atoms with Crippen molar-refractivity contribution in [1.82, 2.24) is 10.9 Å². The predicted molar refractivity (Wildman–Crippen MR) is 64.6 cm³/mol. The number of rotatable bonds is 3. The molecule has 0 bridgehead atoms. The second-order valence-corrected chi connectivity index (χ2v) is 5.46. The molecule has 2 amide bonds. The molecule has 0 aromatic rings. The van der Waals surface area contributed by atoms with Crippen LogP contribution in [0.1, 0.15) is 34.6 Å². The van der Waals surface area contributed by atoms with Gasteiger partial charge in [-0.25, -0.2) is 0 Å². The summed E-state index contributed by atoms with van der Waals surface area (Å²) in [5, 5.41) is 9.58. The molecular weight excluding hydrogens is 222 g/mol. The van der Waals surface area contributed by atoms with Gasteiger partial charge in [-0.2, -0.15) is 0 Å². The molecule has 0 aliphatic rings. The van der Waals surface area contributed by atoms with Crippen LogP contribution in [0.15, 0.2) is 0 Å². The minimum Gasteiger partial charge on any atom is -0.382 e. The number of hydrazine groups is 1. The number of hydrogen-bond donors (Lipinski definition) is 4. The number of nitrogens with two attached hydrogens (primary N) is 1. The normalized spacial score (nSPS) is 15.3. The van der Waals surface area contributed by atoms with Gasteiger partial charge in [0.1, 0.15) is 6.10 Å². The number of aliphatic hydroxyl groups excluding tert-OH is 1.